The van der Waals surface area contributed by atoms with Crippen LogP contribution in [0.1, 0.15) is 29.6 Å². The number of amides is 1. The SMILES string of the molecule is O=C1NCCCOC2=CC=C(F)CC2[C@@H]2C[C@@H](O)CN2c2ccn3ncc1c3n2. The third kappa shape index (κ3) is 3.25. The average molecular weight is 399 g/mol. The van der Waals surface area contributed by atoms with Gasteiger partial charge in [0.1, 0.15) is 23.0 Å². The van der Waals surface area contributed by atoms with Gasteiger partial charge < -0.3 is 20.1 Å². The van der Waals surface area contributed by atoms with Crippen LogP contribution >= 0.6 is 0 Å². The second kappa shape index (κ2) is 7.14. The maximum absolute atomic E-state index is 14.2. The van der Waals surface area contributed by atoms with Gasteiger partial charge in [0.2, 0.25) is 0 Å². The number of carbonyl (C=O) groups is 1. The number of aliphatic hydroxyl groups excluding tert-OH is 1. The third-order valence-corrected chi connectivity index (χ3v) is 5.76. The molecule has 0 spiro atoms. The van der Waals surface area contributed by atoms with Gasteiger partial charge in [-0.3, -0.25) is 4.79 Å². The molecule has 0 saturated carbocycles. The molecule has 152 valence electrons. The highest BCUT2D eigenvalue weighted by molar-refractivity contribution is 5.99. The first-order chi connectivity index (χ1) is 14.1. The van der Waals surface area contributed by atoms with Crippen molar-refractivity contribution >= 4 is 17.4 Å². The van der Waals surface area contributed by atoms with Crippen molar-refractivity contribution < 1.29 is 19.0 Å². The maximum Gasteiger partial charge on any atom is 0.256 e. The van der Waals surface area contributed by atoms with E-state index in [2.05, 4.69) is 15.4 Å². The Morgan fingerprint density at radius 1 is 1.34 bits per heavy atom. The third-order valence-electron chi connectivity index (χ3n) is 5.76. The Hall–Kier alpha value is -2.94. The number of hydrogen-bond donors (Lipinski definition) is 2. The van der Waals surface area contributed by atoms with Crippen LogP contribution in [0, 0.1) is 5.92 Å². The molecule has 2 N–H and O–H groups in total. The summed E-state index contributed by atoms with van der Waals surface area (Å²) in [6.45, 7) is 1.26. The standard InChI is InChI=1S/C20H22FN5O3/c21-12-2-3-17-14(8-12)16-9-13(27)11-25(16)18-4-6-26-19(24-18)15(10-23-26)20(28)22-5-1-7-29-17/h2-4,6,10,13-14,16,27H,1,5,7-9,11H2,(H,22,28)/t13-,14?,16+/m1/s1. The first-order valence-electron chi connectivity index (χ1n) is 9.86. The van der Waals surface area contributed by atoms with Crippen LogP contribution in [0.15, 0.2) is 42.2 Å². The topological polar surface area (TPSA) is 92.0 Å². The minimum absolute atomic E-state index is 0.159. The molecule has 1 amide bonds. The van der Waals surface area contributed by atoms with Crippen molar-refractivity contribution in [3.8, 4) is 0 Å². The lowest BCUT2D eigenvalue weighted by atomic mass is 9.88. The average Bonchev–Trinajstić information content (AvgIpc) is 3.31. The fourth-order valence-electron chi connectivity index (χ4n) is 4.38. The summed E-state index contributed by atoms with van der Waals surface area (Å²) in [6.07, 6.45) is 7.18. The first kappa shape index (κ1) is 18.1. The number of allylic oxidation sites excluding steroid dienone is 3. The van der Waals surface area contributed by atoms with E-state index in [9.17, 15) is 14.3 Å². The summed E-state index contributed by atoms with van der Waals surface area (Å²) in [5, 5.41) is 17.5. The smallest absolute Gasteiger partial charge is 0.256 e. The van der Waals surface area contributed by atoms with Crippen LogP contribution in [-0.2, 0) is 4.74 Å². The molecule has 1 fully saturated rings. The maximum atomic E-state index is 14.2. The summed E-state index contributed by atoms with van der Waals surface area (Å²) in [6, 6.07) is 1.64. The summed E-state index contributed by atoms with van der Waals surface area (Å²) in [5.74, 6) is 0.695. The highest BCUT2D eigenvalue weighted by atomic mass is 19.1. The molecule has 8 nitrogen and oxygen atoms in total. The molecule has 2 bridgehead atoms. The van der Waals surface area contributed by atoms with E-state index in [-0.39, 0.29) is 30.1 Å². The number of carbonyl (C=O) groups excluding carboxylic acids is 1. The lowest BCUT2D eigenvalue weighted by molar-refractivity contribution is 0.0948. The zero-order chi connectivity index (χ0) is 20.0. The normalized spacial score (nSPS) is 27.4. The number of aromatic nitrogens is 3. The Labute approximate surface area is 166 Å². The second-order valence-electron chi connectivity index (χ2n) is 7.67. The highest BCUT2D eigenvalue weighted by Gasteiger charge is 2.41. The van der Waals surface area contributed by atoms with Gasteiger partial charge in [-0.2, -0.15) is 5.10 Å². The molecule has 9 heteroatoms. The van der Waals surface area contributed by atoms with Crippen LogP contribution in [0.2, 0.25) is 0 Å². The molecule has 3 atom stereocenters. The molecular weight excluding hydrogens is 377 g/mol. The van der Waals surface area contributed by atoms with Gasteiger partial charge in [0.15, 0.2) is 5.65 Å². The number of hydrogen-bond acceptors (Lipinski definition) is 6. The zero-order valence-electron chi connectivity index (χ0n) is 15.8. The Balaban J connectivity index is 1.60. The van der Waals surface area contributed by atoms with E-state index in [1.165, 1.54) is 12.3 Å². The van der Waals surface area contributed by atoms with Gasteiger partial charge in [-0.15, -0.1) is 0 Å². The van der Waals surface area contributed by atoms with E-state index >= 15 is 0 Å². The van der Waals surface area contributed by atoms with Crippen molar-refractivity contribution in [3.63, 3.8) is 0 Å². The van der Waals surface area contributed by atoms with Gasteiger partial charge in [-0.05, 0) is 31.1 Å². The van der Waals surface area contributed by atoms with E-state index in [1.54, 1.807) is 22.9 Å². The minimum Gasteiger partial charge on any atom is -0.497 e. The molecule has 5 rings (SSSR count). The van der Waals surface area contributed by atoms with Crippen LogP contribution in [0.3, 0.4) is 0 Å². The Bertz CT molecular complexity index is 1020. The number of anilines is 1. The number of nitrogens with zero attached hydrogens (tertiary/aromatic N) is 4. The van der Waals surface area contributed by atoms with E-state index < -0.39 is 6.10 Å². The highest BCUT2D eigenvalue weighted by Crippen LogP contribution is 2.38. The Morgan fingerprint density at radius 3 is 3.14 bits per heavy atom. The molecule has 2 aromatic heterocycles. The Kier molecular flexibility index (Phi) is 4.46. The van der Waals surface area contributed by atoms with Crippen LogP contribution < -0.4 is 10.2 Å². The number of aliphatic hydroxyl groups is 1. The molecule has 1 saturated heterocycles. The van der Waals surface area contributed by atoms with Crippen molar-refractivity contribution in [2.24, 2.45) is 5.92 Å². The van der Waals surface area contributed by atoms with E-state index in [4.69, 9.17) is 4.74 Å². The van der Waals surface area contributed by atoms with Crippen molar-refractivity contribution in [1.29, 1.82) is 0 Å². The van der Waals surface area contributed by atoms with Crippen LogP contribution in [0.5, 0.6) is 0 Å². The zero-order valence-corrected chi connectivity index (χ0v) is 15.8. The number of halogens is 1. The number of fused-ring (bicyclic) bond motifs is 5. The summed E-state index contributed by atoms with van der Waals surface area (Å²) in [4.78, 5) is 19.2. The van der Waals surface area contributed by atoms with Gasteiger partial charge in [0.25, 0.3) is 5.91 Å². The predicted octanol–water partition coefficient (Wildman–Crippen LogP) is 1.58. The van der Waals surface area contributed by atoms with E-state index in [0.29, 0.717) is 55.3 Å². The van der Waals surface area contributed by atoms with Crippen molar-refractivity contribution in [2.75, 3.05) is 24.6 Å². The lowest BCUT2D eigenvalue weighted by Gasteiger charge is -2.34. The molecule has 2 aromatic rings. The van der Waals surface area contributed by atoms with Crippen LogP contribution in [0.4, 0.5) is 10.2 Å². The lowest BCUT2D eigenvalue weighted by Crippen LogP contribution is -2.38. The summed E-state index contributed by atoms with van der Waals surface area (Å²) in [7, 11) is 0. The molecular formula is C20H22FN5O3. The van der Waals surface area contributed by atoms with Gasteiger partial charge in [-0.1, -0.05) is 0 Å². The van der Waals surface area contributed by atoms with E-state index in [0.717, 1.165) is 0 Å². The molecule has 3 aliphatic rings. The van der Waals surface area contributed by atoms with Gasteiger partial charge >= 0.3 is 0 Å². The summed E-state index contributed by atoms with van der Waals surface area (Å²) in [5.41, 5.74) is 0.854. The van der Waals surface area contributed by atoms with Crippen molar-refractivity contribution in [3.05, 3.63) is 47.8 Å². The van der Waals surface area contributed by atoms with Gasteiger partial charge in [0, 0.05) is 37.7 Å². The van der Waals surface area contributed by atoms with Crippen molar-refractivity contribution in [1.82, 2.24) is 19.9 Å². The minimum atomic E-state index is -0.545. The number of rotatable bonds is 0. The number of ether oxygens (including phenoxy) is 1. The molecule has 4 heterocycles. The Morgan fingerprint density at radius 2 is 2.24 bits per heavy atom. The monoisotopic (exact) mass is 399 g/mol. The quantitative estimate of drug-likeness (QED) is 0.699. The molecule has 0 radical (unpaired) electrons. The summed E-state index contributed by atoms with van der Waals surface area (Å²) >= 11 is 0. The fourth-order valence-corrected chi connectivity index (χ4v) is 4.38. The largest absolute Gasteiger partial charge is 0.497 e. The van der Waals surface area contributed by atoms with Crippen molar-refractivity contribution in [2.45, 2.75) is 31.4 Å². The van der Waals surface area contributed by atoms with Gasteiger partial charge in [-0.25, -0.2) is 13.9 Å². The molecule has 2 aliphatic heterocycles. The second-order valence-corrected chi connectivity index (χ2v) is 7.67. The van der Waals surface area contributed by atoms with Gasteiger partial charge in [0.05, 0.1) is 18.9 Å². The van der Waals surface area contributed by atoms with E-state index in [1.807, 2.05) is 4.90 Å². The fraction of sp³-hybridized carbons (Fsp3) is 0.450. The first-order valence-corrected chi connectivity index (χ1v) is 9.86. The van der Waals surface area contributed by atoms with Crippen LogP contribution in [0.25, 0.3) is 5.65 Å². The summed E-state index contributed by atoms with van der Waals surface area (Å²) < 4.78 is 21.7. The predicted molar refractivity (Wildman–Crippen MR) is 103 cm³/mol. The molecule has 0 aromatic carbocycles. The number of nitrogens with one attached hydrogen (secondary N) is 1. The molecule has 29 heavy (non-hydrogen) atoms. The molecule has 1 aliphatic carbocycles. The molecule has 1 unspecified atom stereocenters. The van der Waals surface area contributed by atoms with Crippen LogP contribution in [-0.4, -0.2) is 57.5 Å².